The molecular weight excluding hydrogens is 312 g/mol. The molecule has 3 fully saturated rings. The van der Waals surface area contributed by atoms with E-state index in [2.05, 4.69) is 22.8 Å². The van der Waals surface area contributed by atoms with E-state index >= 15 is 0 Å². The summed E-state index contributed by atoms with van der Waals surface area (Å²) < 4.78 is 0. The third-order valence-electron chi connectivity index (χ3n) is 6.42. The third kappa shape index (κ3) is 3.82. The molecule has 0 spiro atoms. The van der Waals surface area contributed by atoms with Crippen LogP contribution in [0.4, 0.5) is 5.95 Å². The van der Waals surface area contributed by atoms with E-state index in [9.17, 15) is 5.11 Å². The minimum atomic E-state index is 0.274. The smallest absolute Gasteiger partial charge is 0.225 e. The predicted octanol–water partition coefficient (Wildman–Crippen LogP) is 2.58. The van der Waals surface area contributed by atoms with Crippen LogP contribution < -0.4 is 4.90 Å². The molecule has 4 rings (SSSR count). The molecule has 5 heteroatoms. The van der Waals surface area contributed by atoms with Crippen LogP contribution in [0.2, 0.25) is 0 Å². The van der Waals surface area contributed by atoms with Crippen molar-refractivity contribution in [1.82, 2.24) is 14.9 Å². The van der Waals surface area contributed by atoms with Gasteiger partial charge in [-0.05, 0) is 57.7 Å². The Morgan fingerprint density at radius 3 is 2.48 bits per heavy atom. The molecule has 1 N–H and O–H groups in total. The summed E-state index contributed by atoms with van der Waals surface area (Å²) in [6.07, 6.45) is 7.90. The molecule has 138 valence electrons. The van der Waals surface area contributed by atoms with Crippen molar-refractivity contribution in [3.63, 3.8) is 0 Å². The second-order valence-electron chi connectivity index (χ2n) is 8.33. The van der Waals surface area contributed by atoms with Crippen LogP contribution in [0.25, 0.3) is 0 Å². The minimum absolute atomic E-state index is 0.274. The summed E-state index contributed by atoms with van der Waals surface area (Å²) in [5.74, 6) is 2.40. The van der Waals surface area contributed by atoms with Gasteiger partial charge in [-0.25, -0.2) is 9.97 Å². The molecule has 2 unspecified atom stereocenters. The molecule has 1 aromatic heterocycles. The predicted molar refractivity (Wildman–Crippen MR) is 99.9 cm³/mol. The average molecular weight is 345 g/mol. The van der Waals surface area contributed by atoms with Gasteiger partial charge in [0, 0.05) is 49.5 Å². The first-order chi connectivity index (χ1) is 12.2. The SMILES string of the molecule is Cc1cc(C2CCC2)nc(N2CC(CO)C(CN3CCCCC3)C2)n1. The van der Waals surface area contributed by atoms with Crippen LogP contribution in [-0.4, -0.2) is 59.3 Å². The number of aliphatic hydroxyl groups excluding tert-OH is 1. The highest BCUT2D eigenvalue weighted by atomic mass is 16.3. The number of rotatable bonds is 5. The normalized spacial score (nSPS) is 28.3. The van der Waals surface area contributed by atoms with Crippen LogP contribution in [0.3, 0.4) is 0 Å². The van der Waals surface area contributed by atoms with E-state index in [0.29, 0.717) is 17.8 Å². The van der Waals surface area contributed by atoms with Crippen molar-refractivity contribution < 1.29 is 5.11 Å². The number of piperidine rings is 1. The minimum Gasteiger partial charge on any atom is -0.396 e. The van der Waals surface area contributed by atoms with Crippen LogP contribution in [0.15, 0.2) is 6.07 Å². The van der Waals surface area contributed by atoms with Gasteiger partial charge < -0.3 is 14.9 Å². The second kappa shape index (κ2) is 7.58. The zero-order chi connectivity index (χ0) is 17.2. The molecule has 1 aliphatic carbocycles. The summed E-state index contributed by atoms with van der Waals surface area (Å²) >= 11 is 0. The van der Waals surface area contributed by atoms with Gasteiger partial charge in [0.05, 0.1) is 0 Å². The molecule has 2 saturated heterocycles. The van der Waals surface area contributed by atoms with E-state index in [1.54, 1.807) is 0 Å². The van der Waals surface area contributed by atoms with Crippen molar-refractivity contribution >= 4 is 5.95 Å². The van der Waals surface area contributed by atoms with Crippen molar-refractivity contribution in [3.8, 4) is 0 Å². The van der Waals surface area contributed by atoms with Gasteiger partial charge in [-0.1, -0.05) is 12.8 Å². The molecule has 0 amide bonds. The van der Waals surface area contributed by atoms with Gasteiger partial charge in [-0.15, -0.1) is 0 Å². The number of likely N-dealkylation sites (tertiary alicyclic amines) is 1. The van der Waals surface area contributed by atoms with Crippen molar-refractivity contribution in [3.05, 3.63) is 17.5 Å². The van der Waals surface area contributed by atoms with Crippen LogP contribution in [0.5, 0.6) is 0 Å². The van der Waals surface area contributed by atoms with E-state index in [0.717, 1.165) is 31.3 Å². The summed E-state index contributed by atoms with van der Waals surface area (Å²) in [6.45, 7) is 7.79. The number of aliphatic hydroxyl groups is 1. The Bertz CT molecular complexity index is 583. The zero-order valence-electron chi connectivity index (χ0n) is 15.5. The lowest BCUT2D eigenvalue weighted by Crippen LogP contribution is -2.37. The molecule has 3 aliphatic rings. The molecular formula is C20H32N4O. The van der Waals surface area contributed by atoms with Gasteiger partial charge in [0.15, 0.2) is 0 Å². The molecule has 0 aromatic carbocycles. The van der Waals surface area contributed by atoms with Crippen molar-refractivity contribution in [2.24, 2.45) is 11.8 Å². The zero-order valence-corrected chi connectivity index (χ0v) is 15.5. The van der Waals surface area contributed by atoms with Gasteiger partial charge in [0.2, 0.25) is 5.95 Å². The molecule has 0 bridgehead atoms. The average Bonchev–Trinajstić information content (AvgIpc) is 2.97. The fourth-order valence-corrected chi connectivity index (χ4v) is 4.62. The van der Waals surface area contributed by atoms with Crippen molar-refractivity contribution in [2.75, 3.05) is 44.2 Å². The molecule has 1 aromatic rings. The number of nitrogens with zero attached hydrogens (tertiary/aromatic N) is 4. The molecule has 2 aliphatic heterocycles. The Balaban J connectivity index is 1.46. The number of hydrogen-bond acceptors (Lipinski definition) is 5. The Morgan fingerprint density at radius 1 is 1.04 bits per heavy atom. The van der Waals surface area contributed by atoms with Crippen LogP contribution in [0.1, 0.15) is 55.8 Å². The van der Waals surface area contributed by atoms with Gasteiger partial charge in [0.1, 0.15) is 0 Å². The Labute approximate surface area is 151 Å². The molecule has 25 heavy (non-hydrogen) atoms. The summed E-state index contributed by atoms with van der Waals surface area (Å²) in [5, 5.41) is 9.89. The highest BCUT2D eigenvalue weighted by Crippen LogP contribution is 2.36. The maximum atomic E-state index is 9.89. The van der Waals surface area contributed by atoms with Crippen LogP contribution in [0, 0.1) is 18.8 Å². The summed E-state index contributed by atoms with van der Waals surface area (Å²) in [6, 6.07) is 2.16. The second-order valence-corrected chi connectivity index (χ2v) is 8.33. The van der Waals surface area contributed by atoms with E-state index in [-0.39, 0.29) is 6.61 Å². The molecule has 2 atom stereocenters. The topological polar surface area (TPSA) is 52.5 Å². The summed E-state index contributed by atoms with van der Waals surface area (Å²) in [4.78, 5) is 14.6. The van der Waals surface area contributed by atoms with Gasteiger partial charge in [-0.3, -0.25) is 0 Å². The lowest BCUT2D eigenvalue weighted by Gasteiger charge is -2.30. The van der Waals surface area contributed by atoms with Crippen LogP contribution in [-0.2, 0) is 0 Å². The van der Waals surface area contributed by atoms with E-state index in [4.69, 9.17) is 9.97 Å². The molecule has 1 saturated carbocycles. The lowest BCUT2D eigenvalue weighted by molar-refractivity contribution is 0.149. The first-order valence-corrected chi connectivity index (χ1v) is 10.2. The fourth-order valence-electron chi connectivity index (χ4n) is 4.62. The first-order valence-electron chi connectivity index (χ1n) is 10.2. The van der Waals surface area contributed by atoms with Gasteiger partial charge >= 0.3 is 0 Å². The van der Waals surface area contributed by atoms with E-state index in [1.807, 2.05) is 0 Å². The quantitative estimate of drug-likeness (QED) is 0.890. The third-order valence-corrected chi connectivity index (χ3v) is 6.42. The fraction of sp³-hybridized carbons (Fsp3) is 0.800. The Kier molecular flexibility index (Phi) is 5.23. The van der Waals surface area contributed by atoms with Crippen molar-refractivity contribution in [1.29, 1.82) is 0 Å². The summed E-state index contributed by atoms with van der Waals surface area (Å²) in [5.41, 5.74) is 2.31. The van der Waals surface area contributed by atoms with Crippen LogP contribution >= 0.6 is 0 Å². The monoisotopic (exact) mass is 344 g/mol. The lowest BCUT2D eigenvalue weighted by atomic mass is 9.83. The maximum absolute atomic E-state index is 9.89. The Hall–Kier alpha value is -1.20. The number of aromatic nitrogens is 2. The largest absolute Gasteiger partial charge is 0.396 e. The van der Waals surface area contributed by atoms with Gasteiger partial charge in [-0.2, -0.15) is 0 Å². The number of anilines is 1. The maximum Gasteiger partial charge on any atom is 0.225 e. The van der Waals surface area contributed by atoms with E-state index in [1.165, 1.54) is 57.3 Å². The highest BCUT2D eigenvalue weighted by molar-refractivity contribution is 5.36. The van der Waals surface area contributed by atoms with Crippen molar-refractivity contribution in [2.45, 2.75) is 51.4 Å². The molecule has 5 nitrogen and oxygen atoms in total. The van der Waals surface area contributed by atoms with Gasteiger partial charge in [0.25, 0.3) is 0 Å². The number of aryl methyl sites for hydroxylation is 1. The number of hydrogen-bond donors (Lipinski definition) is 1. The molecule has 3 heterocycles. The highest BCUT2D eigenvalue weighted by Gasteiger charge is 2.35. The standard InChI is InChI=1S/C20H32N4O/c1-15-10-19(16-6-5-7-16)22-20(21-15)24-12-17(18(13-24)14-25)11-23-8-3-2-4-9-23/h10,16-18,25H,2-9,11-14H2,1H3. The molecule has 0 radical (unpaired) electrons. The summed E-state index contributed by atoms with van der Waals surface area (Å²) in [7, 11) is 0. The Morgan fingerprint density at radius 2 is 1.80 bits per heavy atom. The first kappa shape index (κ1) is 17.2. The van der Waals surface area contributed by atoms with E-state index < -0.39 is 0 Å².